The molecule has 0 aromatic carbocycles. The van der Waals surface area contributed by atoms with Gasteiger partial charge in [0.1, 0.15) is 11.6 Å². The fraction of sp³-hybridized carbons (Fsp3) is 0.391. The number of hydrogen-bond donors (Lipinski definition) is 1. The number of aromatic nitrogens is 6. The van der Waals surface area contributed by atoms with E-state index in [-0.39, 0.29) is 23.7 Å². The van der Waals surface area contributed by atoms with Crippen LogP contribution in [0.15, 0.2) is 35.5 Å². The van der Waals surface area contributed by atoms with Gasteiger partial charge in [0, 0.05) is 25.9 Å². The van der Waals surface area contributed by atoms with Gasteiger partial charge in [-0.3, -0.25) is 9.36 Å². The topological polar surface area (TPSA) is 134 Å². The average molecular weight is 458 g/mol. The highest BCUT2D eigenvalue weighted by atomic mass is 16.5. The third kappa shape index (κ3) is 3.34. The number of fused-ring (bicyclic) bond motifs is 2. The summed E-state index contributed by atoms with van der Waals surface area (Å²) in [5.74, 6) is 0.415. The number of amides is 1. The first-order chi connectivity index (χ1) is 16.6. The van der Waals surface area contributed by atoms with Crippen LogP contribution < -0.4 is 5.69 Å². The Kier molecular flexibility index (Phi) is 4.88. The minimum Gasteiger partial charge on any atom is -0.368 e. The standard InChI is InChI=1S/C23H22N8O3/c24-10-14-5-7-30-18(9-14)16(11-26-30)20-25-12-17-21(28-20)31(23(33)27-17)15-3-1-6-29(13-15)22(32)19-4-2-8-34-19/h5,7,9,11-12,15,19H,1-4,6,8,13H2,(H,27,33)/t15-,19-/m0/s1. The summed E-state index contributed by atoms with van der Waals surface area (Å²) in [5, 5.41) is 13.6. The van der Waals surface area contributed by atoms with Crippen LogP contribution in [0.5, 0.6) is 0 Å². The number of ether oxygens (including phenoxy) is 1. The van der Waals surface area contributed by atoms with Crippen molar-refractivity contribution in [2.24, 2.45) is 0 Å². The molecule has 2 aliphatic rings. The number of imidazole rings is 1. The Bertz CT molecular complexity index is 1500. The van der Waals surface area contributed by atoms with Gasteiger partial charge < -0.3 is 14.6 Å². The van der Waals surface area contributed by atoms with Crippen molar-refractivity contribution in [3.05, 3.63) is 46.8 Å². The van der Waals surface area contributed by atoms with Crippen molar-refractivity contribution in [3.8, 4) is 17.5 Å². The van der Waals surface area contributed by atoms with E-state index in [2.05, 4.69) is 21.1 Å². The predicted molar refractivity (Wildman–Crippen MR) is 121 cm³/mol. The number of rotatable bonds is 3. The lowest BCUT2D eigenvalue weighted by Gasteiger charge is -2.34. The molecule has 0 saturated carbocycles. The van der Waals surface area contributed by atoms with Crippen LogP contribution in [-0.4, -0.2) is 65.7 Å². The van der Waals surface area contributed by atoms with Crippen molar-refractivity contribution >= 4 is 22.6 Å². The first kappa shape index (κ1) is 20.6. The van der Waals surface area contributed by atoms with Crippen LogP contribution >= 0.6 is 0 Å². The van der Waals surface area contributed by atoms with E-state index in [1.807, 2.05) is 4.90 Å². The third-order valence-corrected chi connectivity index (χ3v) is 6.63. The number of nitrogens with zero attached hydrogens (tertiary/aromatic N) is 7. The molecule has 11 nitrogen and oxygen atoms in total. The smallest absolute Gasteiger partial charge is 0.328 e. The molecule has 2 atom stereocenters. The monoisotopic (exact) mass is 458 g/mol. The van der Waals surface area contributed by atoms with E-state index in [4.69, 9.17) is 9.72 Å². The minimum absolute atomic E-state index is 0.00468. The Morgan fingerprint density at radius 1 is 1.26 bits per heavy atom. The first-order valence-corrected chi connectivity index (χ1v) is 11.4. The van der Waals surface area contributed by atoms with Gasteiger partial charge in [0.15, 0.2) is 11.5 Å². The zero-order valence-corrected chi connectivity index (χ0v) is 18.3. The molecule has 1 N–H and O–H groups in total. The molecule has 11 heteroatoms. The van der Waals surface area contributed by atoms with Crippen LogP contribution in [0, 0.1) is 11.3 Å². The van der Waals surface area contributed by atoms with Crippen molar-refractivity contribution in [3.63, 3.8) is 0 Å². The van der Waals surface area contributed by atoms with Crippen molar-refractivity contribution in [2.75, 3.05) is 19.7 Å². The van der Waals surface area contributed by atoms with Gasteiger partial charge in [-0.25, -0.2) is 19.3 Å². The average Bonchev–Trinajstić information content (AvgIpc) is 3.61. The Labute approximate surface area is 193 Å². The lowest BCUT2D eigenvalue weighted by atomic mass is 10.0. The SMILES string of the molecule is N#Cc1ccn2ncc(-c3ncc4[nH]c(=O)n([C@H]5CCCN(C(=O)[C@@H]6CCCO6)C5)c4n3)c2c1. The van der Waals surface area contributed by atoms with Crippen LogP contribution in [0.4, 0.5) is 0 Å². The first-order valence-electron chi connectivity index (χ1n) is 11.4. The highest BCUT2D eigenvalue weighted by molar-refractivity contribution is 5.82. The highest BCUT2D eigenvalue weighted by Crippen LogP contribution is 2.27. The van der Waals surface area contributed by atoms with Gasteiger partial charge >= 0.3 is 5.69 Å². The summed E-state index contributed by atoms with van der Waals surface area (Å²) in [6.45, 7) is 1.72. The second-order valence-electron chi connectivity index (χ2n) is 8.73. The highest BCUT2D eigenvalue weighted by Gasteiger charge is 2.33. The predicted octanol–water partition coefficient (Wildman–Crippen LogP) is 1.65. The zero-order chi connectivity index (χ0) is 23.2. The Hall–Kier alpha value is -4.04. The lowest BCUT2D eigenvalue weighted by Crippen LogP contribution is -2.46. The van der Waals surface area contributed by atoms with Crippen LogP contribution in [0.3, 0.4) is 0 Å². The van der Waals surface area contributed by atoms with Crippen molar-refractivity contribution in [1.82, 2.24) is 34.0 Å². The number of H-pyrrole nitrogens is 1. The molecular weight excluding hydrogens is 436 g/mol. The molecule has 2 saturated heterocycles. The van der Waals surface area contributed by atoms with Crippen molar-refractivity contribution in [1.29, 1.82) is 5.26 Å². The number of nitrogens with one attached hydrogen (secondary N) is 1. The second kappa shape index (κ2) is 8.07. The van der Waals surface area contributed by atoms with Crippen molar-refractivity contribution < 1.29 is 9.53 Å². The number of hydrogen-bond acceptors (Lipinski definition) is 7. The fourth-order valence-corrected chi connectivity index (χ4v) is 4.95. The third-order valence-electron chi connectivity index (χ3n) is 6.63. The van der Waals surface area contributed by atoms with Crippen LogP contribution in [0.2, 0.25) is 0 Å². The largest absolute Gasteiger partial charge is 0.368 e. The molecule has 0 spiro atoms. The molecule has 0 bridgehead atoms. The van der Waals surface area contributed by atoms with Gasteiger partial charge in [0.2, 0.25) is 0 Å². The molecule has 6 rings (SSSR count). The molecule has 2 fully saturated rings. The van der Waals surface area contributed by atoms with Gasteiger partial charge in [-0.15, -0.1) is 0 Å². The van der Waals surface area contributed by atoms with Gasteiger partial charge in [-0.1, -0.05) is 0 Å². The number of aromatic amines is 1. The molecular formula is C23H22N8O3. The van der Waals surface area contributed by atoms with Gasteiger partial charge in [0.05, 0.1) is 41.1 Å². The molecule has 1 amide bonds. The summed E-state index contributed by atoms with van der Waals surface area (Å²) in [6.07, 6.45) is 7.78. The maximum atomic E-state index is 12.9. The molecule has 4 aromatic rings. The lowest BCUT2D eigenvalue weighted by molar-refractivity contribution is -0.142. The quantitative estimate of drug-likeness (QED) is 0.493. The summed E-state index contributed by atoms with van der Waals surface area (Å²) in [7, 11) is 0. The molecule has 4 aromatic heterocycles. The maximum absolute atomic E-state index is 12.9. The van der Waals surface area contributed by atoms with Crippen molar-refractivity contribution in [2.45, 2.75) is 37.8 Å². The van der Waals surface area contributed by atoms with E-state index < -0.39 is 0 Å². The van der Waals surface area contributed by atoms with E-state index in [0.29, 0.717) is 53.3 Å². The summed E-state index contributed by atoms with van der Waals surface area (Å²) in [6, 6.07) is 5.35. The van der Waals surface area contributed by atoms with Crippen LogP contribution in [-0.2, 0) is 9.53 Å². The van der Waals surface area contributed by atoms with Gasteiger partial charge in [-0.2, -0.15) is 10.4 Å². The van der Waals surface area contributed by atoms with E-state index in [1.165, 1.54) is 0 Å². The summed E-state index contributed by atoms with van der Waals surface area (Å²) >= 11 is 0. The summed E-state index contributed by atoms with van der Waals surface area (Å²) < 4.78 is 8.88. The minimum atomic E-state index is -0.374. The summed E-state index contributed by atoms with van der Waals surface area (Å²) in [5.41, 5.74) is 2.62. The second-order valence-corrected chi connectivity index (χ2v) is 8.73. The summed E-state index contributed by atoms with van der Waals surface area (Å²) in [4.78, 5) is 39.6. The molecule has 0 aliphatic carbocycles. The van der Waals surface area contributed by atoms with E-state index in [9.17, 15) is 14.9 Å². The van der Waals surface area contributed by atoms with E-state index in [1.54, 1.807) is 39.8 Å². The number of pyridine rings is 1. The molecule has 0 radical (unpaired) electrons. The molecule has 0 unspecified atom stereocenters. The fourth-order valence-electron chi connectivity index (χ4n) is 4.95. The number of piperidine rings is 1. The van der Waals surface area contributed by atoms with E-state index in [0.717, 1.165) is 25.7 Å². The number of nitriles is 1. The number of carbonyl (C=O) groups excluding carboxylic acids is 1. The molecule has 34 heavy (non-hydrogen) atoms. The Balaban J connectivity index is 1.38. The van der Waals surface area contributed by atoms with Crippen LogP contribution in [0.25, 0.3) is 28.1 Å². The van der Waals surface area contributed by atoms with E-state index >= 15 is 0 Å². The number of carbonyl (C=O) groups is 1. The van der Waals surface area contributed by atoms with Crippen LogP contribution in [0.1, 0.15) is 37.3 Å². The normalized spacial score (nSPS) is 20.7. The molecule has 2 aliphatic heterocycles. The number of likely N-dealkylation sites (tertiary alicyclic amines) is 1. The van der Waals surface area contributed by atoms with Gasteiger partial charge in [-0.05, 0) is 37.8 Å². The zero-order valence-electron chi connectivity index (χ0n) is 18.3. The molecule has 172 valence electrons. The maximum Gasteiger partial charge on any atom is 0.328 e. The Morgan fingerprint density at radius 3 is 3.00 bits per heavy atom. The molecule has 6 heterocycles. The Morgan fingerprint density at radius 2 is 2.18 bits per heavy atom. The van der Waals surface area contributed by atoms with Gasteiger partial charge in [0.25, 0.3) is 5.91 Å².